The van der Waals surface area contributed by atoms with Crippen molar-refractivity contribution in [2.75, 3.05) is 10.8 Å². The summed E-state index contributed by atoms with van der Waals surface area (Å²) < 4.78 is 69.8. The molecule has 4 rings (SSSR count). The molecule has 0 fully saturated rings. The van der Waals surface area contributed by atoms with Gasteiger partial charge in [0.05, 0.1) is 10.6 Å². The third-order valence-electron chi connectivity index (χ3n) is 4.24. The molecule has 3 aromatic rings. The maximum Gasteiger partial charge on any atom is 0.452 e. The molecule has 1 aliphatic heterocycles. The smallest absolute Gasteiger partial charge is 0.351 e. The van der Waals surface area contributed by atoms with Gasteiger partial charge < -0.3 is 4.52 Å². The molecule has 5 nitrogen and oxygen atoms in total. The van der Waals surface area contributed by atoms with Crippen LogP contribution in [0.1, 0.15) is 17.7 Å². The molecule has 0 atom stereocenters. The van der Waals surface area contributed by atoms with Crippen LogP contribution in [-0.4, -0.2) is 20.1 Å². The van der Waals surface area contributed by atoms with Gasteiger partial charge in [0.2, 0.25) is 5.76 Å². The highest BCUT2D eigenvalue weighted by atomic mass is 32.2. The van der Waals surface area contributed by atoms with Crippen LogP contribution < -0.4 is 4.31 Å². The summed E-state index contributed by atoms with van der Waals surface area (Å²) in [5, 5.41) is 3.40. The van der Waals surface area contributed by atoms with Crippen molar-refractivity contribution in [3.05, 3.63) is 53.8 Å². The van der Waals surface area contributed by atoms with Crippen LogP contribution in [0.25, 0.3) is 10.6 Å². The number of aryl methyl sites for hydroxylation is 1. The fraction of sp³-hybridized carbons (Fsp3) is 0.235. The van der Waals surface area contributed by atoms with Gasteiger partial charge in [0.25, 0.3) is 10.0 Å². The number of rotatable bonds is 3. The van der Waals surface area contributed by atoms with E-state index < -0.39 is 22.0 Å². The Labute approximate surface area is 157 Å². The maximum atomic E-state index is 13.1. The van der Waals surface area contributed by atoms with Crippen LogP contribution in [0.4, 0.5) is 18.9 Å². The average Bonchev–Trinajstić information content (AvgIpc) is 3.30. The van der Waals surface area contributed by atoms with Crippen LogP contribution in [0.2, 0.25) is 0 Å². The van der Waals surface area contributed by atoms with E-state index in [1.807, 2.05) is 12.1 Å². The normalized spacial score (nSPS) is 15.0. The van der Waals surface area contributed by atoms with Crippen molar-refractivity contribution in [3.63, 3.8) is 0 Å². The Hall–Kier alpha value is -2.33. The van der Waals surface area contributed by atoms with E-state index in [9.17, 15) is 21.6 Å². The van der Waals surface area contributed by atoms with E-state index in [2.05, 4.69) is 9.68 Å². The van der Waals surface area contributed by atoms with Crippen molar-refractivity contribution in [1.82, 2.24) is 5.16 Å². The second-order valence-corrected chi connectivity index (χ2v) is 9.18. The molecule has 2 aromatic heterocycles. The largest absolute Gasteiger partial charge is 0.452 e. The minimum absolute atomic E-state index is 0.0470. The van der Waals surface area contributed by atoms with E-state index in [0.29, 0.717) is 18.7 Å². The summed E-state index contributed by atoms with van der Waals surface area (Å²) in [5.74, 6) is -1.22. The molecular formula is C17H13F3N2O3S2. The van der Waals surface area contributed by atoms with E-state index in [0.717, 1.165) is 29.4 Å². The Morgan fingerprint density at radius 1 is 1.15 bits per heavy atom. The maximum absolute atomic E-state index is 13.1. The first-order valence-corrected chi connectivity index (χ1v) is 10.3. The van der Waals surface area contributed by atoms with Gasteiger partial charge in [-0.1, -0.05) is 23.4 Å². The lowest BCUT2D eigenvalue weighted by Crippen LogP contribution is -2.35. The molecule has 0 unspecified atom stereocenters. The van der Waals surface area contributed by atoms with Crippen LogP contribution in [0.5, 0.6) is 0 Å². The number of hydrogen-bond acceptors (Lipinski definition) is 5. The highest BCUT2D eigenvalue weighted by Gasteiger charge is 2.36. The predicted molar refractivity (Wildman–Crippen MR) is 94.1 cm³/mol. The Bertz CT molecular complexity index is 1090. The van der Waals surface area contributed by atoms with Crippen LogP contribution in [0, 0.1) is 0 Å². The van der Waals surface area contributed by atoms with Gasteiger partial charge in [0, 0.05) is 12.6 Å². The molecule has 0 saturated heterocycles. The molecule has 0 aliphatic carbocycles. The number of anilines is 1. The number of fused-ring (bicyclic) bond motifs is 1. The Balaban J connectivity index is 1.68. The number of para-hydroxylation sites is 1. The molecule has 0 spiro atoms. The predicted octanol–water partition coefficient (Wildman–Crippen LogP) is 4.56. The minimum atomic E-state index is -4.64. The number of aromatic nitrogens is 1. The molecule has 142 valence electrons. The van der Waals surface area contributed by atoms with Crippen molar-refractivity contribution in [1.29, 1.82) is 0 Å². The van der Waals surface area contributed by atoms with Gasteiger partial charge >= 0.3 is 6.18 Å². The lowest BCUT2D eigenvalue weighted by atomic mass is 10.0. The van der Waals surface area contributed by atoms with Gasteiger partial charge in [0.15, 0.2) is 0 Å². The topological polar surface area (TPSA) is 63.4 Å². The van der Waals surface area contributed by atoms with Gasteiger partial charge in [-0.3, -0.25) is 4.31 Å². The highest BCUT2D eigenvalue weighted by molar-refractivity contribution is 7.94. The summed E-state index contributed by atoms with van der Waals surface area (Å²) in [5.41, 5.74) is 1.54. The standard InChI is InChI=1S/C17H13F3N2O3S2/c18-17(19,20)15-10-12(21-25-15)14-7-8-16(26-14)27(23,24)22-9-3-5-11-4-1-2-6-13(11)22/h1-2,4,6-8,10H,3,5,9H2. The summed E-state index contributed by atoms with van der Waals surface area (Å²) >= 11 is 0.866. The number of benzene rings is 1. The Morgan fingerprint density at radius 2 is 1.93 bits per heavy atom. The summed E-state index contributed by atoms with van der Waals surface area (Å²) in [7, 11) is -3.81. The average molecular weight is 414 g/mol. The van der Waals surface area contributed by atoms with Gasteiger partial charge in [-0.25, -0.2) is 8.42 Å². The molecule has 1 aromatic carbocycles. The van der Waals surface area contributed by atoms with Gasteiger partial charge in [-0.2, -0.15) is 13.2 Å². The molecule has 0 saturated carbocycles. The number of thiophene rings is 1. The zero-order valence-electron chi connectivity index (χ0n) is 13.7. The van der Waals surface area contributed by atoms with Gasteiger partial charge in [-0.15, -0.1) is 11.3 Å². The molecule has 0 N–H and O–H groups in total. The first-order chi connectivity index (χ1) is 12.8. The van der Waals surface area contributed by atoms with Crippen LogP contribution >= 0.6 is 11.3 Å². The van der Waals surface area contributed by atoms with E-state index in [1.54, 1.807) is 12.1 Å². The lowest BCUT2D eigenvalue weighted by Gasteiger charge is -2.29. The quantitative estimate of drug-likeness (QED) is 0.630. The third-order valence-corrected chi connectivity index (χ3v) is 7.62. The highest BCUT2D eigenvalue weighted by Crippen LogP contribution is 2.38. The van der Waals surface area contributed by atoms with Crippen LogP contribution in [0.3, 0.4) is 0 Å². The first-order valence-electron chi connectivity index (χ1n) is 8.01. The number of nitrogens with zero attached hydrogens (tertiary/aromatic N) is 2. The Kier molecular flexibility index (Phi) is 4.26. The molecule has 1 aliphatic rings. The number of alkyl halides is 3. The summed E-state index contributed by atoms with van der Waals surface area (Å²) in [6.07, 6.45) is -3.14. The van der Waals surface area contributed by atoms with E-state index >= 15 is 0 Å². The third kappa shape index (κ3) is 3.23. The van der Waals surface area contributed by atoms with E-state index in [4.69, 9.17) is 0 Å². The SMILES string of the molecule is O=S(=O)(c1ccc(-c2cc(C(F)(F)F)on2)s1)N1CCCc2ccccc21. The van der Waals surface area contributed by atoms with Crippen molar-refractivity contribution in [2.24, 2.45) is 0 Å². The molecule has 0 amide bonds. The fourth-order valence-electron chi connectivity index (χ4n) is 2.98. The second kappa shape index (κ2) is 6.38. The zero-order valence-corrected chi connectivity index (χ0v) is 15.4. The van der Waals surface area contributed by atoms with E-state index in [-0.39, 0.29) is 14.8 Å². The van der Waals surface area contributed by atoms with Crippen LogP contribution in [-0.2, 0) is 22.6 Å². The summed E-state index contributed by atoms with van der Waals surface area (Å²) in [4.78, 5) is 0.290. The molecule has 3 heterocycles. The monoisotopic (exact) mass is 414 g/mol. The van der Waals surface area contributed by atoms with Crippen molar-refractivity contribution < 1.29 is 26.1 Å². The zero-order chi connectivity index (χ0) is 19.2. The van der Waals surface area contributed by atoms with Crippen molar-refractivity contribution in [3.8, 4) is 10.6 Å². The molecular weight excluding hydrogens is 401 g/mol. The second-order valence-electron chi connectivity index (χ2n) is 6.00. The minimum Gasteiger partial charge on any atom is -0.351 e. The van der Waals surface area contributed by atoms with Gasteiger partial charge in [0.1, 0.15) is 9.90 Å². The Morgan fingerprint density at radius 3 is 2.67 bits per heavy atom. The van der Waals surface area contributed by atoms with Crippen molar-refractivity contribution >= 4 is 27.0 Å². The fourth-order valence-corrected chi connectivity index (χ4v) is 5.89. The molecule has 0 bridgehead atoms. The number of sulfonamides is 1. The number of hydrogen-bond donors (Lipinski definition) is 0. The van der Waals surface area contributed by atoms with E-state index in [1.165, 1.54) is 16.4 Å². The molecule has 0 radical (unpaired) electrons. The summed E-state index contributed by atoms with van der Waals surface area (Å²) in [6, 6.07) is 10.9. The van der Waals surface area contributed by atoms with Gasteiger partial charge in [-0.05, 0) is 36.6 Å². The summed E-state index contributed by atoms with van der Waals surface area (Å²) in [6.45, 7) is 0.356. The van der Waals surface area contributed by atoms with Crippen LogP contribution in [0.15, 0.2) is 51.2 Å². The molecule has 10 heteroatoms. The van der Waals surface area contributed by atoms with Crippen molar-refractivity contribution in [2.45, 2.75) is 23.2 Å². The first kappa shape index (κ1) is 18.1. The lowest BCUT2D eigenvalue weighted by molar-refractivity contribution is -0.155. The molecule has 27 heavy (non-hydrogen) atoms. The number of halogens is 3.